The maximum absolute atomic E-state index is 8.45. The molecule has 0 saturated heterocycles. The Hall–Kier alpha value is -1.41. The van der Waals surface area contributed by atoms with E-state index in [2.05, 4.69) is 27.3 Å². The van der Waals surface area contributed by atoms with E-state index in [9.17, 15) is 0 Å². The Morgan fingerprint density at radius 2 is 2.42 bits per heavy atom. The Labute approximate surface area is 70.4 Å². The molecule has 5 heteroatoms. The molecule has 0 radical (unpaired) electrons. The topological polar surface area (TPSA) is 63.8 Å². The molecule has 0 aliphatic carbocycles. The third-order valence-electron chi connectivity index (χ3n) is 1.17. The van der Waals surface area contributed by atoms with Gasteiger partial charge in [-0.05, 0) is 17.6 Å². The molecule has 1 rings (SSSR count). The highest BCUT2D eigenvalue weighted by molar-refractivity contribution is 5.17. The van der Waals surface area contributed by atoms with Gasteiger partial charge in [0.05, 0.1) is 7.05 Å². The SMILES string of the molecule is Cn1nnc(C#CCCCO)n1. The summed E-state index contributed by atoms with van der Waals surface area (Å²) in [4.78, 5) is 1.36. The molecule has 12 heavy (non-hydrogen) atoms. The number of aryl methyl sites for hydroxylation is 1. The van der Waals surface area contributed by atoms with Gasteiger partial charge >= 0.3 is 0 Å². The van der Waals surface area contributed by atoms with Crippen LogP contribution >= 0.6 is 0 Å². The van der Waals surface area contributed by atoms with Crippen LogP contribution in [0.2, 0.25) is 0 Å². The Balaban J connectivity index is 2.43. The summed E-state index contributed by atoms with van der Waals surface area (Å²) in [6.07, 6.45) is 1.35. The zero-order chi connectivity index (χ0) is 8.81. The summed E-state index contributed by atoms with van der Waals surface area (Å²) < 4.78 is 0. The van der Waals surface area contributed by atoms with Gasteiger partial charge in [-0.25, -0.2) is 0 Å². The van der Waals surface area contributed by atoms with Crippen LogP contribution in [0.25, 0.3) is 0 Å². The first kappa shape index (κ1) is 8.68. The molecule has 1 aromatic heterocycles. The van der Waals surface area contributed by atoms with E-state index in [4.69, 9.17) is 5.11 Å². The van der Waals surface area contributed by atoms with E-state index in [1.165, 1.54) is 4.80 Å². The molecule has 0 unspecified atom stereocenters. The van der Waals surface area contributed by atoms with Gasteiger partial charge in [-0.2, -0.15) is 4.80 Å². The zero-order valence-corrected chi connectivity index (χ0v) is 6.86. The van der Waals surface area contributed by atoms with Crippen molar-refractivity contribution in [3.8, 4) is 11.8 Å². The van der Waals surface area contributed by atoms with E-state index >= 15 is 0 Å². The standard InChI is InChI=1S/C7H10N4O/c1-11-9-7(8-10-11)5-3-2-4-6-12/h12H,2,4,6H2,1H3. The molecule has 0 atom stereocenters. The molecule has 0 bridgehead atoms. The van der Waals surface area contributed by atoms with Crippen LogP contribution in [-0.2, 0) is 7.05 Å². The number of aliphatic hydroxyl groups is 1. The second-order valence-corrected chi connectivity index (χ2v) is 2.23. The van der Waals surface area contributed by atoms with Crippen molar-refractivity contribution in [2.45, 2.75) is 12.8 Å². The van der Waals surface area contributed by atoms with Crippen LogP contribution in [0.4, 0.5) is 0 Å². The van der Waals surface area contributed by atoms with Crippen LogP contribution in [-0.4, -0.2) is 31.9 Å². The monoisotopic (exact) mass is 166 g/mol. The van der Waals surface area contributed by atoms with Gasteiger partial charge in [0.15, 0.2) is 0 Å². The first-order valence-corrected chi connectivity index (χ1v) is 3.66. The third-order valence-corrected chi connectivity index (χ3v) is 1.17. The van der Waals surface area contributed by atoms with Crippen molar-refractivity contribution in [3.05, 3.63) is 5.82 Å². The van der Waals surface area contributed by atoms with Crippen molar-refractivity contribution in [2.24, 2.45) is 7.05 Å². The van der Waals surface area contributed by atoms with Crippen LogP contribution in [0.1, 0.15) is 18.7 Å². The molecule has 1 N–H and O–H groups in total. The number of hydrogen-bond acceptors (Lipinski definition) is 4. The average Bonchev–Trinajstić information content (AvgIpc) is 2.45. The molecule has 1 aromatic rings. The van der Waals surface area contributed by atoms with Crippen molar-refractivity contribution in [2.75, 3.05) is 6.61 Å². The normalized spacial score (nSPS) is 9.17. The van der Waals surface area contributed by atoms with Gasteiger partial charge in [0, 0.05) is 13.0 Å². The lowest BCUT2D eigenvalue weighted by Gasteiger charge is -1.81. The summed E-state index contributed by atoms with van der Waals surface area (Å²) in [5.41, 5.74) is 0. The predicted molar refractivity (Wildman–Crippen MR) is 42.0 cm³/mol. The maximum atomic E-state index is 8.45. The minimum absolute atomic E-state index is 0.169. The molecule has 0 fully saturated rings. The molecule has 1 heterocycles. The summed E-state index contributed by atoms with van der Waals surface area (Å²) >= 11 is 0. The summed E-state index contributed by atoms with van der Waals surface area (Å²) in [6, 6.07) is 0. The Morgan fingerprint density at radius 3 is 3.00 bits per heavy atom. The summed E-state index contributed by atoms with van der Waals surface area (Å²) in [5.74, 6) is 5.99. The van der Waals surface area contributed by atoms with Gasteiger partial charge in [-0.1, -0.05) is 11.0 Å². The second kappa shape index (κ2) is 4.46. The fraction of sp³-hybridized carbons (Fsp3) is 0.571. The lowest BCUT2D eigenvalue weighted by Crippen LogP contribution is -1.91. The molecular formula is C7H10N4O. The molecular weight excluding hydrogens is 156 g/mol. The molecule has 0 amide bonds. The van der Waals surface area contributed by atoms with E-state index in [1.54, 1.807) is 7.05 Å². The lowest BCUT2D eigenvalue weighted by atomic mass is 10.3. The summed E-state index contributed by atoms with van der Waals surface area (Å²) in [6.45, 7) is 0.169. The number of rotatable bonds is 2. The van der Waals surface area contributed by atoms with Crippen LogP contribution in [0.3, 0.4) is 0 Å². The molecule has 0 aliphatic heterocycles. The van der Waals surface area contributed by atoms with Gasteiger partial charge < -0.3 is 5.11 Å². The van der Waals surface area contributed by atoms with Gasteiger partial charge in [-0.3, -0.25) is 0 Å². The van der Waals surface area contributed by atoms with Gasteiger partial charge in [0.2, 0.25) is 5.82 Å². The smallest absolute Gasteiger partial charge is 0.247 e. The third kappa shape index (κ3) is 2.68. The van der Waals surface area contributed by atoms with E-state index in [0.29, 0.717) is 18.7 Å². The molecule has 5 nitrogen and oxygen atoms in total. The quantitative estimate of drug-likeness (QED) is 0.467. The molecule has 0 aromatic carbocycles. The summed E-state index contributed by atoms with van der Waals surface area (Å²) in [5, 5.41) is 19.6. The largest absolute Gasteiger partial charge is 0.396 e. The van der Waals surface area contributed by atoms with Crippen molar-refractivity contribution < 1.29 is 5.11 Å². The van der Waals surface area contributed by atoms with Gasteiger partial charge in [0.1, 0.15) is 0 Å². The number of hydrogen-bond donors (Lipinski definition) is 1. The van der Waals surface area contributed by atoms with E-state index in [-0.39, 0.29) is 6.61 Å². The molecule has 64 valence electrons. The Kier molecular flexibility index (Phi) is 3.23. The zero-order valence-electron chi connectivity index (χ0n) is 6.86. The second-order valence-electron chi connectivity index (χ2n) is 2.23. The maximum Gasteiger partial charge on any atom is 0.247 e. The minimum Gasteiger partial charge on any atom is -0.396 e. The van der Waals surface area contributed by atoms with E-state index in [1.807, 2.05) is 0 Å². The van der Waals surface area contributed by atoms with E-state index in [0.717, 1.165) is 0 Å². The van der Waals surface area contributed by atoms with Gasteiger partial charge in [-0.15, -0.1) is 5.10 Å². The number of tetrazole rings is 1. The van der Waals surface area contributed by atoms with Crippen LogP contribution < -0.4 is 0 Å². The first-order chi connectivity index (χ1) is 5.83. The molecule has 0 spiro atoms. The van der Waals surface area contributed by atoms with Crippen LogP contribution in [0.15, 0.2) is 0 Å². The molecule has 0 aliphatic rings. The molecule has 0 saturated carbocycles. The van der Waals surface area contributed by atoms with Crippen LogP contribution in [0, 0.1) is 11.8 Å². The average molecular weight is 166 g/mol. The fourth-order valence-corrected chi connectivity index (χ4v) is 0.643. The minimum atomic E-state index is 0.169. The van der Waals surface area contributed by atoms with Crippen molar-refractivity contribution >= 4 is 0 Å². The van der Waals surface area contributed by atoms with Crippen molar-refractivity contribution in [3.63, 3.8) is 0 Å². The Morgan fingerprint density at radius 1 is 1.58 bits per heavy atom. The lowest BCUT2D eigenvalue weighted by molar-refractivity contribution is 0.290. The fourth-order valence-electron chi connectivity index (χ4n) is 0.643. The predicted octanol–water partition coefficient (Wildman–Crippen LogP) is -0.666. The Bertz CT molecular complexity index is 296. The summed E-state index contributed by atoms with van der Waals surface area (Å²) in [7, 11) is 1.69. The van der Waals surface area contributed by atoms with Crippen molar-refractivity contribution in [1.29, 1.82) is 0 Å². The number of unbranched alkanes of at least 4 members (excludes halogenated alkanes) is 1. The van der Waals surface area contributed by atoms with Crippen molar-refractivity contribution in [1.82, 2.24) is 20.2 Å². The first-order valence-electron chi connectivity index (χ1n) is 3.66. The number of aliphatic hydroxyl groups excluding tert-OH is 1. The van der Waals surface area contributed by atoms with Gasteiger partial charge in [0.25, 0.3) is 0 Å². The van der Waals surface area contributed by atoms with Crippen LogP contribution in [0.5, 0.6) is 0 Å². The van der Waals surface area contributed by atoms with E-state index < -0.39 is 0 Å². The highest BCUT2D eigenvalue weighted by Crippen LogP contribution is 1.85. The number of nitrogens with zero attached hydrogens (tertiary/aromatic N) is 4. The highest BCUT2D eigenvalue weighted by Gasteiger charge is 1.91. The highest BCUT2D eigenvalue weighted by atomic mass is 16.2. The number of aromatic nitrogens is 4.